The van der Waals surface area contributed by atoms with Crippen LogP contribution < -0.4 is 5.32 Å². The largest absolute Gasteiger partial charge is 0.356 e. The van der Waals surface area contributed by atoms with E-state index in [-0.39, 0.29) is 5.91 Å². The highest BCUT2D eigenvalue weighted by molar-refractivity contribution is 5.78. The fourth-order valence-electron chi connectivity index (χ4n) is 0.749. The Bertz CT molecular complexity index is 90.1. The molecule has 0 radical (unpaired) electrons. The molecule has 0 aromatic carbocycles. The standard InChI is InChI=1S/C5H9NO/c1-4-2-5(7)6-3-4/h4H,2-3H2,1H3,(H,6,7)/t4-/m0/s1. The Morgan fingerprint density at radius 2 is 2.57 bits per heavy atom. The Hall–Kier alpha value is -0.530. The SMILES string of the molecule is C[C@@H]1CNC(=O)C1. The van der Waals surface area contributed by atoms with Gasteiger partial charge in [0.05, 0.1) is 0 Å². The van der Waals surface area contributed by atoms with Gasteiger partial charge in [-0.1, -0.05) is 6.92 Å². The van der Waals surface area contributed by atoms with Crippen LogP contribution in [0.1, 0.15) is 13.3 Å². The highest BCUT2D eigenvalue weighted by Crippen LogP contribution is 2.05. The Morgan fingerprint density at radius 3 is 2.71 bits per heavy atom. The third-order valence-electron chi connectivity index (χ3n) is 1.18. The van der Waals surface area contributed by atoms with Crippen LogP contribution in [0.3, 0.4) is 0 Å². The van der Waals surface area contributed by atoms with Gasteiger partial charge in [0.25, 0.3) is 0 Å². The molecule has 2 heteroatoms. The third kappa shape index (κ3) is 0.918. The van der Waals surface area contributed by atoms with Crippen LogP contribution in [0.4, 0.5) is 0 Å². The highest BCUT2D eigenvalue weighted by atomic mass is 16.1. The predicted molar refractivity (Wildman–Crippen MR) is 26.8 cm³/mol. The van der Waals surface area contributed by atoms with Crippen LogP contribution in [0, 0.1) is 5.92 Å². The maximum Gasteiger partial charge on any atom is 0.220 e. The summed E-state index contributed by atoms with van der Waals surface area (Å²) in [6, 6.07) is 0. The van der Waals surface area contributed by atoms with Crippen molar-refractivity contribution in [2.75, 3.05) is 6.54 Å². The van der Waals surface area contributed by atoms with Gasteiger partial charge in [0.15, 0.2) is 0 Å². The lowest BCUT2D eigenvalue weighted by atomic mass is 10.2. The number of hydrogen-bond acceptors (Lipinski definition) is 1. The van der Waals surface area contributed by atoms with Crippen LogP contribution in [0.25, 0.3) is 0 Å². The first-order valence-electron chi connectivity index (χ1n) is 2.56. The number of nitrogens with one attached hydrogen (secondary N) is 1. The van der Waals surface area contributed by atoms with E-state index in [0.717, 1.165) is 13.0 Å². The van der Waals surface area contributed by atoms with Gasteiger partial charge < -0.3 is 5.32 Å². The second-order valence-corrected chi connectivity index (χ2v) is 2.11. The lowest BCUT2D eigenvalue weighted by Crippen LogP contribution is -2.13. The maximum absolute atomic E-state index is 10.3. The van der Waals surface area contributed by atoms with Crippen LogP contribution in [0.2, 0.25) is 0 Å². The summed E-state index contributed by atoms with van der Waals surface area (Å²) in [7, 11) is 0. The summed E-state index contributed by atoms with van der Waals surface area (Å²) < 4.78 is 0. The number of carbonyl (C=O) groups is 1. The lowest BCUT2D eigenvalue weighted by Gasteiger charge is -1.88. The molecule has 1 heterocycles. The first kappa shape index (κ1) is 4.62. The van der Waals surface area contributed by atoms with Crippen LogP contribution in [0.5, 0.6) is 0 Å². The monoisotopic (exact) mass is 99.1 g/mol. The molecule has 1 N–H and O–H groups in total. The highest BCUT2D eigenvalue weighted by Gasteiger charge is 2.15. The molecule has 1 aliphatic rings. The van der Waals surface area contributed by atoms with Crippen molar-refractivity contribution in [2.24, 2.45) is 5.92 Å². The zero-order valence-electron chi connectivity index (χ0n) is 4.40. The number of rotatable bonds is 0. The van der Waals surface area contributed by atoms with Gasteiger partial charge in [-0.2, -0.15) is 0 Å². The fraction of sp³-hybridized carbons (Fsp3) is 0.800. The molecule has 40 valence electrons. The van der Waals surface area contributed by atoms with E-state index >= 15 is 0 Å². The van der Waals surface area contributed by atoms with E-state index in [1.54, 1.807) is 0 Å². The summed E-state index contributed by atoms with van der Waals surface area (Å²) in [5.74, 6) is 0.764. The minimum Gasteiger partial charge on any atom is -0.356 e. The van der Waals surface area contributed by atoms with Crippen molar-refractivity contribution in [3.8, 4) is 0 Å². The average Bonchev–Trinajstić information content (AvgIpc) is 1.87. The van der Waals surface area contributed by atoms with E-state index in [2.05, 4.69) is 12.2 Å². The number of amides is 1. The van der Waals surface area contributed by atoms with Gasteiger partial charge in [0.1, 0.15) is 0 Å². The molecule has 0 aromatic rings. The molecule has 0 aromatic heterocycles. The molecule has 7 heavy (non-hydrogen) atoms. The lowest BCUT2D eigenvalue weighted by molar-refractivity contribution is -0.119. The van der Waals surface area contributed by atoms with Crippen LogP contribution in [-0.2, 0) is 4.79 Å². The van der Waals surface area contributed by atoms with E-state index in [1.807, 2.05) is 0 Å². The van der Waals surface area contributed by atoms with Crippen molar-refractivity contribution in [3.05, 3.63) is 0 Å². The molecule has 0 unspecified atom stereocenters. The Kier molecular flexibility index (Phi) is 1.01. The number of carbonyl (C=O) groups excluding carboxylic acids is 1. The zero-order valence-corrected chi connectivity index (χ0v) is 4.40. The average molecular weight is 99.1 g/mol. The molecule has 1 fully saturated rings. The van der Waals surface area contributed by atoms with E-state index in [0.29, 0.717) is 5.92 Å². The molecule has 1 rings (SSSR count). The Labute approximate surface area is 42.9 Å². The Balaban J connectivity index is 2.40. The molecule has 0 aliphatic carbocycles. The van der Waals surface area contributed by atoms with Crippen molar-refractivity contribution in [3.63, 3.8) is 0 Å². The minimum atomic E-state index is 0.201. The van der Waals surface area contributed by atoms with E-state index < -0.39 is 0 Å². The molecule has 2 nitrogen and oxygen atoms in total. The fourth-order valence-corrected chi connectivity index (χ4v) is 0.749. The topological polar surface area (TPSA) is 29.1 Å². The van der Waals surface area contributed by atoms with Crippen molar-refractivity contribution >= 4 is 5.91 Å². The summed E-state index contributed by atoms with van der Waals surface area (Å²) in [6.07, 6.45) is 0.722. The maximum atomic E-state index is 10.3. The van der Waals surface area contributed by atoms with Gasteiger partial charge >= 0.3 is 0 Å². The number of hydrogen-bond donors (Lipinski definition) is 1. The normalized spacial score (nSPS) is 30.4. The summed E-state index contributed by atoms with van der Waals surface area (Å²) >= 11 is 0. The predicted octanol–water partition coefficient (Wildman–Crippen LogP) is 0.142. The van der Waals surface area contributed by atoms with Crippen molar-refractivity contribution in [2.45, 2.75) is 13.3 Å². The van der Waals surface area contributed by atoms with Gasteiger partial charge in [-0.15, -0.1) is 0 Å². The molecule has 1 aliphatic heterocycles. The van der Waals surface area contributed by atoms with Gasteiger partial charge in [-0.3, -0.25) is 4.79 Å². The van der Waals surface area contributed by atoms with Crippen LogP contribution in [-0.4, -0.2) is 12.5 Å². The molecule has 1 atom stereocenters. The second kappa shape index (κ2) is 1.52. The first-order chi connectivity index (χ1) is 3.29. The minimum absolute atomic E-state index is 0.201. The first-order valence-corrected chi connectivity index (χ1v) is 2.56. The van der Waals surface area contributed by atoms with Crippen LogP contribution >= 0.6 is 0 Å². The molecule has 0 saturated carbocycles. The van der Waals surface area contributed by atoms with Gasteiger partial charge in [-0.05, 0) is 5.92 Å². The molecular formula is C5H9NO. The van der Waals surface area contributed by atoms with E-state index in [4.69, 9.17) is 0 Å². The summed E-state index contributed by atoms with van der Waals surface area (Å²) in [6.45, 7) is 2.94. The molecule has 1 saturated heterocycles. The summed E-state index contributed by atoms with van der Waals surface area (Å²) in [4.78, 5) is 10.3. The zero-order chi connectivity index (χ0) is 5.28. The molecule has 0 bridgehead atoms. The smallest absolute Gasteiger partial charge is 0.220 e. The van der Waals surface area contributed by atoms with Gasteiger partial charge in [-0.25, -0.2) is 0 Å². The van der Waals surface area contributed by atoms with Crippen molar-refractivity contribution in [1.82, 2.24) is 5.32 Å². The second-order valence-electron chi connectivity index (χ2n) is 2.11. The Morgan fingerprint density at radius 1 is 1.86 bits per heavy atom. The molecule has 1 amide bonds. The third-order valence-corrected chi connectivity index (χ3v) is 1.18. The molecule has 0 spiro atoms. The van der Waals surface area contributed by atoms with Gasteiger partial charge in [0, 0.05) is 13.0 Å². The van der Waals surface area contributed by atoms with Crippen LogP contribution in [0.15, 0.2) is 0 Å². The summed E-state index contributed by atoms with van der Waals surface area (Å²) in [5.41, 5.74) is 0. The van der Waals surface area contributed by atoms with Gasteiger partial charge in [0.2, 0.25) is 5.91 Å². The van der Waals surface area contributed by atoms with Crippen molar-refractivity contribution < 1.29 is 4.79 Å². The van der Waals surface area contributed by atoms with E-state index in [1.165, 1.54) is 0 Å². The summed E-state index contributed by atoms with van der Waals surface area (Å²) in [5, 5.41) is 2.73. The molecular weight excluding hydrogens is 90.1 g/mol. The quantitative estimate of drug-likeness (QED) is 0.460. The van der Waals surface area contributed by atoms with Crippen molar-refractivity contribution in [1.29, 1.82) is 0 Å². The van der Waals surface area contributed by atoms with E-state index in [9.17, 15) is 4.79 Å².